The first-order valence-electron chi connectivity index (χ1n) is 7.78. The predicted octanol–water partition coefficient (Wildman–Crippen LogP) is 3.28. The van der Waals surface area contributed by atoms with E-state index in [0.29, 0.717) is 19.3 Å². The van der Waals surface area contributed by atoms with Gasteiger partial charge in [0.15, 0.2) is 0 Å². The molecule has 1 aliphatic carbocycles. The first kappa shape index (κ1) is 18.4. The third-order valence-electron chi connectivity index (χ3n) is 4.88. The normalized spacial score (nSPS) is 29.0. The molecule has 2 unspecified atom stereocenters. The number of allylic oxidation sites excluding steroid dienone is 1. The quantitative estimate of drug-likeness (QED) is 0.530. The topological polar surface area (TPSA) is 91.7 Å². The van der Waals surface area contributed by atoms with Gasteiger partial charge < -0.3 is 10.2 Å². The number of ketones is 1. The molecule has 0 aromatic heterocycles. The number of carboxylic acid groups (broad SMARTS) is 2. The van der Waals surface area contributed by atoms with Crippen LogP contribution in [0.15, 0.2) is 12.2 Å². The van der Waals surface area contributed by atoms with Crippen molar-refractivity contribution < 1.29 is 24.6 Å². The van der Waals surface area contributed by atoms with Gasteiger partial charge in [-0.1, -0.05) is 31.9 Å². The third kappa shape index (κ3) is 4.18. The molecule has 0 amide bonds. The minimum Gasteiger partial charge on any atom is -0.481 e. The molecule has 0 aromatic rings. The van der Waals surface area contributed by atoms with Gasteiger partial charge in [-0.25, -0.2) is 0 Å². The molecule has 0 spiro atoms. The lowest BCUT2D eigenvalue weighted by molar-refractivity contribution is -0.156. The summed E-state index contributed by atoms with van der Waals surface area (Å²) in [4.78, 5) is 34.3. The third-order valence-corrected chi connectivity index (χ3v) is 4.88. The molecule has 0 heterocycles. The zero-order valence-corrected chi connectivity index (χ0v) is 13.6. The van der Waals surface area contributed by atoms with Crippen molar-refractivity contribution in [3.05, 3.63) is 12.2 Å². The van der Waals surface area contributed by atoms with Crippen molar-refractivity contribution in [2.45, 2.75) is 59.3 Å². The summed E-state index contributed by atoms with van der Waals surface area (Å²) >= 11 is 0. The molecule has 124 valence electrons. The maximum Gasteiger partial charge on any atom is 0.313 e. The maximum atomic E-state index is 11.7. The first-order valence-corrected chi connectivity index (χ1v) is 7.78. The summed E-state index contributed by atoms with van der Waals surface area (Å²) in [7, 11) is 0. The molecular weight excluding hydrogens is 284 g/mol. The molecule has 2 N–H and O–H groups in total. The molecule has 1 rings (SSSR count). The van der Waals surface area contributed by atoms with Crippen molar-refractivity contribution >= 4 is 17.7 Å². The van der Waals surface area contributed by atoms with Crippen LogP contribution >= 0.6 is 0 Å². The van der Waals surface area contributed by atoms with Crippen LogP contribution in [0.2, 0.25) is 0 Å². The van der Waals surface area contributed by atoms with Gasteiger partial charge in [0.25, 0.3) is 0 Å². The fourth-order valence-electron chi connectivity index (χ4n) is 3.10. The molecule has 0 bridgehead atoms. The van der Waals surface area contributed by atoms with E-state index in [0.717, 1.165) is 12.8 Å². The van der Waals surface area contributed by atoms with Crippen LogP contribution in [0, 0.1) is 16.7 Å². The molecule has 5 nitrogen and oxygen atoms in total. The molecule has 0 aliphatic heterocycles. The van der Waals surface area contributed by atoms with E-state index in [1.807, 2.05) is 6.92 Å². The lowest BCUT2D eigenvalue weighted by Crippen LogP contribution is -2.41. The van der Waals surface area contributed by atoms with Crippen molar-refractivity contribution in [3.63, 3.8) is 0 Å². The molecule has 0 saturated heterocycles. The van der Waals surface area contributed by atoms with Crippen molar-refractivity contribution in [1.82, 2.24) is 0 Å². The second-order valence-electron chi connectivity index (χ2n) is 6.85. The maximum absolute atomic E-state index is 11.7. The number of carbonyl (C=O) groups excluding carboxylic acids is 1. The van der Waals surface area contributed by atoms with Crippen LogP contribution in [-0.4, -0.2) is 27.9 Å². The molecule has 1 aliphatic rings. The van der Waals surface area contributed by atoms with E-state index in [1.165, 1.54) is 0 Å². The van der Waals surface area contributed by atoms with Gasteiger partial charge >= 0.3 is 11.9 Å². The minimum atomic E-state index is -1.12. The average Bonchev–Trinajstić information content (AvgIpc) is 2.43. The highest BCUT2D eigenvalue weighted by molar-refractivity contribution is 5.81. The number of carboxylic acids is 2. The van der Waals surface area contributed by atoms with Crippen molar-refractivity contribution in [3.8, 4) is 0 Å². The Kier molecular flexibility index (Phi) is 5.92. The Morgan fingerprint density at radius 1 is 1.18 bits per heavy atom. The smallest absolute Gasteiger partial charge is 0.313 e. The number of rotatable bonds is 8. The average molecular weight is 310 g/mol. The van der Waals surface area contributed by atoms with E-state index in [-0.39, 0.29) is 18.1 Å². The summed E-state index contributed by atoms with van der Waals surface area (Å²) in [5.41, 5.74) is -2.13. The van der Waals surface area contributed by atoms with Crippen LogP contribution in [0.1, 0.15) is 59.3 Å². The lowest BCUT2D eigenvalue weighted by Gasteiger charge is -2.38. The van der Waals surface area contributed by atoms with Gasteiger partial charge in [-0.2, -0.15) is 0 Å². The van der Waals surface area contributed by atoms with Crippen LogP contribution in [-0.2, 0) is 14.4 Å². The number of aliphatic carboxylic acids is 2. The number of carbonyl (C=O) groups is 3. The van der Waals surface area contributed by atoms with Crippen LogP contribution in [0.25, 0.3) is 0 Å². The van der Waals surface area contributed by atoms with E-state index in [2.05, 4.69) is 0 Å². The largest absolute Gasteiger partial charge is 0.481 e. The van der Waals surface area contributed by atoms with Crippen LogP contribution < -0.4 is 0 Å². The fourth-order valence-corrected chi connectivity index (χ4v) is 3.10. The van der Waals surface area contributed by atoms with Gasteiger partial charge in [0.05, 0.1) is 10.8 Å². The summed E-state index contributed by atoms with van der Waals surface area (Å²) in [5, 5.41) is 19.0. The lowest BCUT2D eigenvalue weighted by atomic mass is 9.64. The highest BCUT2D eigenvalue weighted by Gasteiger charge is 2.48. The monoisotopic (exact) mass is 310 g/mol. The highest BCUT2D eigenvalue weighted by Crippen LogP contribution is 2.46. The standard InChI is InChI=1S/C17H26O5/c1-12(13(2)18)7-4-5-9-17(15(21)22)10-6-8-16(3,11-17)14(19)20/h6,8,12H,4-5,7,9-11H2,1-3H3,(H,19,20)(H,21,22)/t12?,16-,17?/m0/s1. The Balaban J connectivity index is 2.70. The first-order chi connectivity index (χ1) is 10.1. The molecule has 0 radical (unpaired) electrons. The van der Waals surface area contributed by atoms with E-state index in [1.54, 1.807) is 26.0 Å². The van der Waals surface area contributed by atoms with Crippen molar-refractivity contribution in [1.29, 1.82) is 0 Å². The summed E-state index contributed by atoms with van der Waals surface area (Å²) < 4.78 is 0. The summed E-state index contributed by atoms with van der Waals surface area (Å²) in [6.45, 7) is 5.01. The minimum absolute atomic E-state index is 0.00341. The zero-order chi connectivity index (χ0) is 17.0. The number of hydrogen-bond donors (Lipinski definition) is 2. The van der Waals surface area contributed by atoms with Gasteiger partial charge in [-0.05, 0) is 39.5 Å². The van der Waals surface area contributed by atoms with Crippen LogP contribution in [0.4, 0.5) is 0 Å². The van der Waals surface area contributed by atoms with Crippen LogP contribution in [0.3, 0.4) is 0 Å². The SMILES string of the molecule is CC(=O)C(C)CCCCC1(C(=O)O)CC=C[C@](C)(C(=O)O)C1. The molecule has 3 atom stereocenters. The summed E-state index contributed by atoms with van der Waals surface area (Å²) in [5.74, 6) is -1.77. The van der Waals surface area contributed by atoms with Crippen LogP contribution in [0.5, 0.6) is 0 Å². The Morgan fingerprint density at radius 2 is 1.82 bits per heavy atom. The van der Waals surface area contributed by atoms with Gasteiger partial charge in [-0.15, -0.1) is 0 Å². The highest BCUT2D eigenvalue weighted by atomic mass is 16.4. The number of hydrogen-bond acceptors (Lipinski definition) is 3. The Hall–Kier alpha value is -1.65. The van der Waals surface area contributed by atoms with E-state index in [9.17, 15) is 24.6 Å². The molecule has 0 fully saturated rings. The molecule has 0 saturated carbocycles. The predicted molar refractivity (Wildman–Crippen MR) is 82.5 cm³/mol. The molecule has 0 aromatic carbocycles. The second kappa shape index (κ2) is 7.07. The fraction of sp³-hybridized carbons (Fsp3) is 0.706. The van der Waals surface area contributed by atoms with Crippen molar-refractivity contribution in [2.24, 2.45) is 16.7 Å². The van der Waals surface area contributed by atoms with Gasteiger partial charge in [0.1, 0.15) is 5.78 Å². The number of Topliss-reactive ketones (excluding diaryl/α,β-unsaturated/α-hetero) is 1. The Morgan fingerprint density at radius 3 is 2.32 bits per heavy atom. The van der Waals surface area contributed by atoms with Crippen molar-refractivity contribution in [2.75, 3.05) is 0 Å². The molecule has 22 heavy (non-hydrogen) atoms. The summed E-state index contributed by atoms with van der Waals surface area (Å²) in [6, 6.07) is 0. The molecule has 5 heteroatoms. The zero-order valence-electron chi connectivity index (χ0n) is 13.6. The van der Waals surface area contributed by atoms with E-state index < -0.39 is 22.8 Å². The van der Waals surface area contributed by atoms with E-state index >= 15 is 0 Å². The summed E-state index contributed by atoms with van der Waals surface area (Å²) in [6.07, 6.45) is 6.43. The number of unbranched alkanes of at least 4 members (excludes halogenated alkanes) is 1. The van der Waals surface area contributed by atoms with E-state index in [4.69, 9.17) is 0 Å². The Bertz CT molecular complexity index is 481. The van der Waals surface area contributed by atoms with Gasteiger partial charge in [-0.3, -0.25) is 14.4 Å². The second-order valence-corrected chi connectivity index (χ2v) is 6.85. The van der Waals surface area contributed by atoms with Gasteiger partial charge in [0.2, 0.25) is 0 Å². The van der Waals surface area contributed by atoms with Gasteiger partial charge in [0, 0.05) is 5.92 Å². The Labute approximate surface area is 131 Å². The molecular formula is C17H26O5.